The van der Waals surface area contributed by atoms with Crippen molar-refractivity contribution in [3.63, 3.8) is 0 Å². The Hall–Kier alpha value is -1.50. The van der Waals surface area contributed by atoms with E-state index in [1.54, 1.807) is 11.3 Å². The summed E-state index contributed by atoms with van der Waals surface area (Å²) in [7, 11) is 2.08. The first kappa shape index (κ1) is 12.0. The number of hydrogen-bond donors (Lipinski definition) is 2. The van der Waals surface area contributed by atoms with Crippen molar-refractivity contribution in [1.29, 1.82) is 0 Å². The van der Waals surface area contributed by atoms with Crippen LogP contribution in [0.5, 0.6) is 0 Å². The molecule has 0 spiro atoms. The Morgan fingerprint density at radius 1 is 1.35 bits per heavy atom. The van der Waals surface area contributed by atoms with Gasteiger partial charge < -0.3 is 0 Å². The molecule has 0 aliphatic carbocycles. The van der Waals surface area contributed by atoms with Gasteiger partial charge in [0.05, 0.1) is 0 Å². The largest absolute Gasteiger partial charge is 0.300 e. The Balaban J connectivity index is 1.91. The molecule has 0 saturated carbocycles. The molecule has 90 valence electrons. The maximum absolute atomic E-state index is 5.29. The standard InChI is InChI=1S/C11H15N5S/c1-16(7-9-2-4-13-5-3-9)8-10-6-14-11(15-12)17-10/h2-6H,7-8,12H2,1H3,(H,14,15). The lowest BCUT2D eigenvalue weighted by Crippen LogP contribution is -2.16. The lowest BCUT2D eigenvalue weighted by atomic mass is 10.2. The Morgan fingerprint density at radius 2 is 2.12 bits per heavy atom. The monoisotopic (exact) mass is 249 g/mol. The zero-order valence-electron chi connectivity index (χ0n) is 9.63. The molecule has 2 rings (SSSR count). The highest BCUT2D eigenvalue weighted by Gasteiger charge is 2.05. The van der Waals surface area contributed by atoms with Gasteiger partial charge in [0.15, 0.2) is 5.13 Å². The number of aromatic nitrogens is 2. The van der Waals surface area contributed by atoms with Crippen LogP contribution >= 0.6 is 11.3 Å². The number of nitrogens with one attached hydrogen (secondary N) is 1. The number of hydrazine groups is 1. The molecule has 0 atom stereocenters. The maximum Gasteiger partial charge on any atom is 0.197 e. The molecule has 0 saturated heterocycles. The topological polar surface area (TPSA) is 67.1 Å². The summed E-state index contributed by atoms with van der Waals surface area (Å²) in [5.41, 5.74) is 3.80. The van der Waals surface area contributed by atoms with Crippen molar-refractivity contribution in [3.05, 3.63) is 41.2 Å². The van der Waals surface area contributed by atoms with Gasteiger partial charge in [0.2, 0.25) is 0 Å². The quantitative estimate of drug-likeness (QED) is 0.620. The Labute approximate surface area is 104 Å². The third-order valence-corrected chi connectivity index (χ3v) is 3.22. The van der Waals surface area contributed by atoms with Crippen LogP contribution in [0.2, 0.25) is 0 Å². The van der Waals surface area contributed by atoms with Gasteiger partial charge in [0.25, 0.3) is 0 Å². The second-order valence-corrected chi connectivity index (χ2v) is 4.92. The molecule has 3 N–H and O–H groups in total. The van der Waals surface area contributed by atoms with E-state index in [1.807, 2.05) is 30.7 Å². The number of nitrogens with two attached hydrogens (primary N) is 1. The average molecular weight is 249 g/mol. The van der Waals surface area contributed by atoms with E-state index in [2.05, 4.69) is 27.3 Å². The molecule has 17 heavy (non-hydrogen) atoms. The summed E-state index contributed by atoms with van der Waals surface area (Å²) in [5.74, 6) is 5.29. The van der Waals surface area contributed by atoms with Gasteiger partial charge in [-0.1, -0.05) is 11.3 Å². The van der Waals surface area contributed by atoms with E-state index in [0.29, 0.717) is 0 Å². The summed E-state index contributed by atoms with van der Waals surface area (Å²) >= 11 is 1.57. The van der Waals surface area contributed by atoms with Gasteiger partial charge in [0, 0.05) is 36.6 Å². The molecule has 0 aliphatic rings. The summed E-state index contributed by atoms with van der Waals surface area (Å²) in [6.07, 6.45) is 5.47. The minimum Gasteiger partial charge on any atom is -0.300 e. The zero-order valence-corrected chi connectivity index (χ0v) is 10.4. The highest BCUT2D eigenvalue weighted by atomic mass is 32.1. The normalized spacial score (nSPS) is 10.8. The fourth-order valence-corrected chi connectivity index (χ4v) is 2.37. The first-order valence-corrected chi connectivity index (χ1v) is 6.08. The fraction of sp³-hybridized carbons (Fsp3) is 0.273. The van der Waals surface area contributed by atoms with Crippen LogP contribution in [0.1, 0.15) is 10.4 Å². The zero-order chi connectivity index (χ0) is 12.1. The molecule has 0 radical (unpaired) electrons. The minimum atomic E-state index is 0.748. The van der Waals surface area contributed by atoms with Gasteiger partial charge in [-0.3, -0.25) is 15.3 Å². The van der Waals surface area contributed by atoms with Crippen LogP contribution in [-0.2, 0) is 13.1 Å². The minimum absolute atomic E-state index is 0.748. The van der Waals surface area contributed by atoms with E-state index in [-0.39, 0.29) is 0 Å². The van der Waals surface area contributed by atoms with Crippen LogP contribution < -0.4 is 11.3 Å². The van der Waals surface area contributed by atoms with Gasteiger partial charge in [-0.25, -0.2) is 10.8 Å². The maximum atomic E-state index is 5.29. The Bertz CT molecular complexity index is 456. The molecule has 5 nitrogen and oxygen atoms in total. The van der Waals surface area contributed by atoms with Crippen molar-refractivity contribution in [3.8, 4) is 0 Å². The first-order chi connectivity index (χ1) is 8.28. The van der Waals surface area contributed by atoms with E-state index in [1.165, 1.54) is 10.4 Å². The number of anilines is 1. The predicted molar refractivity (Wildman–Crippen MR) is 69.3 cm³/mol. The molecule has 0 unspecified atom stereocenters. The molecular formula is C11H15N5S. The van der Waals surface area contributed by atoms with E-state index in [0.717, 1.165) is 18.2 Å². The number of nitrogen functional groups attached to an aromatic ring is 1. The molecule has 0 aliphatic heterocycles. The second-order valence-electron chi connectivity index (χ2n) is 3.80. The van der Waals surface area contributed by atoms with Crippen LogP contribution in [0.25, 0.3) is 0 Å². The van der Waals surface area contributed by atoms with Crippen LogP contribution in [0.4, 0.5) is 5.13 Å². The second kappa shape index (κ2) is 5.72. The third kappa shape index (κ3) is 3.48. The summed E-state index contributed by atoms with van der Waals surface area (Å²) in [6, 6.07) is 4.05. The van der Waals surface area contributed by atoms with Crippen molar-refractivity contribution < 1.29 is 0 Å². The lowest BCUT2D eigenvalue weighted by Gasteiger charge is -2.14. The summed E-state index contributed by atoms with van der Waals surface area (Å²) < 4.78 is 0. The molecule has 0 aromatic carbocycles. The van der Waals surface area contributed by atoms with Crippen molar-refractivity contribution in [2.45, 2.75) is 13.1 Å². The molecule has 2 heterocycles. The predicted octanol–water partition coefficient (Wildman–Crippen LogP) is 1.46. The Morgan fingerprint density at radius 3 is 2.76 bits per heavy atom. The van der Waals surface area contributed by atoms with Gasteiger partial charge in [0.1, 0.15) is 0 Å². The smallest absolute Gasteiger partial charge is 0.197 e. The molecule has 2 aromatic heterocycles. The third-order valence-electron chi connectivity index (χ3n) is 2.30. The Kier molecular flexibility index (Phi) is 4.03. The van der Waals surface area contributed by atoms with E-state index >= 15 is 0 Å². The number of thiazole rings is 1. The van der Waals surface area contributed by atoms with Crippen molar-refractivity contribution in [2.24, 2.45) is 5.84 Å². The van der Waals surface area contributed by atoms with Crippen LogP contribution in [0.3, 0.4) is 0 Å². The van der Waals surface area contributed by atoms with Crippen molar-refractivity contribution in [1.82, 2.24) is 14.9 Å². The number of pyridine rings is 1. The van der Waals surface area contributed by atoms with Gasteiger partial charge in [-0.2, -0.15) is 0 Å². The molecular weight excluding hydrogens is 234 g/mol. The molecule has 0 bridgehead atoms. The molecule has 2 aromatic rings. The van der Waals surface area contributed by atoms with Crippen LogP contribution in [0.15, 0.2) is 30.7 Å². The van der Waals surface area contributed by atoms with Gasteiger partial charge >= 0.3 is 0 Å². The highest BCUT2D eigenvalue weighted by Crippen LogP contribution is 2.18. The van der Waals surface area contributed by atoms with E-state index in [4.69, 9.17) is 5.84 Å². The van der Waals surface area contributed by atoms with Crippen molar-refractivity contribution >= 4 is 16.5 Å². The fourth-order valence-electron chi connectivity index (χ4n) is 1.57. The van der Waals surface area contributed by atoms with E-state index < -0.39 is 0 Å². The molecule has 0 fully saturated rings. The highest BCUT2D eigenvalue weighted by molar-refractivity contribution is 7.15. The number of hydrogen-bond acceptors (Lipinski definition) is 6. The summed E-state index contributed by atoms with van der Waals surface area (Å²) in [5, 5.41) is 0.748. The summed E-state index contributed by atoms with van der Waals surface area (Å²) in [4.78, 5) is 11.6. The van der Waals surface area contributed by atoms with Gasteiger partial charge in [-0.05, 0) is 24.7 Å². The molecule has 0 amide bonds. The van der Waals surface area contributed by atoms with E-state index in [9.17, 15) is 0 Å². The summed E-state index contributed by atoms with van der Waals surface area (Å²) in [6.45, 7) is 1.76. The lowest BCUT2D eigenvalue weighted by molar-refractivity contribution is 0.321. The average Bonchev–Trinajstić information content (AvgIpc) is 2.78. The SMILES string of the molecule is CN(Cc1ccncc1)Cc1cnc(NN)s1. The number of rotatable bonds is 5. The first-order valence-electron chi connectivity index (χ1n) is 5.26. The van der Waals surface area contributed by atoms with Crippen LogP contribution in [0, 0.1) is 0 Å². The van der Waals surface area contributed by atoms with Crippen molar-refractivity contribution in [2.75, 3.05) is 12.5 Å². The molecule has 6 heteroatoms. The van der Waals surface area contributed by atoms with Crippen LogP contribution in [-0.4, -0.2) is 21.9 Å². The number of nitrogens with zero attached hydrogens (tertiary/aromatic N) is 3. The van der Waals surface area contributed by atoms with Gasteiger partial charge in [-0.15, -0.1) is 0 Å².